The molecule has 0 aliphatic carbocycles. The normalized spacial score (nSPS) is 8.75. The van der Waals surface area contributed by atoms with Gasteiger partial charge in [0.1, 0.15) is 0 Å². The molecule has 0 saturated carbocycles. The predicted molar refractivity (Wildman–Crippen MR) is 46.5 cm³/mol. The van der Waals surface area contributed by atoms with Crippen molar-refractivity contribution in [1.82, 2.24) is 10.2 Å². The van der Waals surface area contributed by atoms with Crippen LogP contribution in [0.15, 0.2) is 0 Å². The summed E-state index contributed by atoms with van der Waals surface area (Å²) in [6.45, 7) is 5.55. The highest BCUT2D eigenvalue weighted by molar-refractivity contribution is 5.74. The van der Waals surface area contributed by atoms with Gasteiger partial charge in [-0.05, 0) is 13.8 Å². The van der Waals surface area contributed by atoms with E-state index in [2.05, 4.69) is 5.32 Å². The van der Waals surface area contributed by atoms with Crippen LogP contribution < -0.4 is 5.32 Å². The fourth-order valence-corrected chi connectivity index (χ4v) is 0.851. The van der Waals surface area contributed by atoms with Crippen LogP contribution in [0.1, 0.15) is 20.3 Å². The van der Waals surface area contributed by atoms with Gasteiger partial charge in [-0.25, -0.2) is 4.79 Å². The fraction of sp³-hybridized carbons (Fsp3) is 0.750. The maximum Gasteiger partial charge on any atom is 0.317 e. The Kier molecular flexibility index (Phi) is 5.80. The third-order valence-corrected chi connectivity index (χ3v) is 1.49. The van der Waals surface area contributed by atoms with Gasteiger partial charge < -0.3 is 10.2 Å². The van der Waals surface area contributed by atoms with E-state index < -0.39 is 0 Å². The number of urea groups is 1. The molecular weight excluding hydrogens is 154 g/mol. The number of rotatable bonds is 4. The summed E-state index contributed by atoms with van der Waals surface area (Å²) in [6.07, 6.45) is 0.394. The molecule has 0 unspecified atom stereocenters. The first-order chi connectivity index (χ1) is 5.76. The third-order valence-electron chi connectivity index (χ3n) is 1.49. The molecule has 0 aromatic carbocycles. The standard InChI is InChI=1S/C8H15N3O/c1-3-10-8(12)11(4-2)7-5-6-9/h3-5,7H2,1-2H3,(H,10,12). The van der Waals surface area contributed by atoms with Gasteiger partial charge in [0.2, 0.25) is 0 Å². The van der Waals surface area contributed by atoms with Crippen LogP contribution >= 0.6 is 0 Å². The molecule has 0 radical (unpaired) electrons. The summed E-state index contributed by atoms with van der Waals surface area (Å²) in [4.78, 5) is 12.8. The molecule has 12 heavy (non-hydrogen) atoms. The first-order valence-electron chi connectivity index (χ1n) is 4.16. The Morgan fingerprint density at radius 1 is 1.58 bits per heavy atom. The van der Waals surface area contributed by atoms with E-state index in [1.165, 1.54) is 0 Å². The van der Waals surface area contributed by atoms with Gasteiger partial charge >= 0.3 is 6.03 Å². The van der Waals surface area contributed by atoms with Crippen molar-refractivity contribution in [2.45, 2.75) is 20.3 Å². The van der Waals surface area contributed by atoms with E-state index in [1.807, 2.05) is 19.9 Å². The molecule has 0 fully saturated rings. The van der Waals surface area contributed by atoms with E-state index in [9.17, 15) is 4.79 Å². The number of nitriles is 1. The average molecular weight is 169 g/mol. The molecule has 0 aliphatic heterocycles. The van der Waals surface area contributed by atoms with Crippen molar-refractivity contribution in [3.63, 3.8) is 0 Å². The predicted octanol–water partition coefficient (Wildman–Crippen LogP) is 0.951. The van der Waals surface area contributed by atoms with Gasteiger partial charge in [-0.2, -0.15) is 5.26 Å². The Bertz CT molecular complexity index is 174. The maximum atomic E-state index is 11.2. The molecule has 4 heteroatoms. The van der Waals surface area contributed by atoms with Crippen molar-refractivity contribution in [3.8, 4) is 6.07 Å². The first kappa shape index (κ1) is 10.8. The third kappa shape index (κ3) is 3.81. The average Bonchev–Trinajstić information content (AvgIpc) is 2.06. The highest BCUT2D eigenvalue weighted by atomic mass is 16.2. The molecule has 68 valence electrons. The highest BCUT2D eigenvalue weighted by Crippen LogP contribution is 1.90. The van der Waals surface area contributed by atoms with Gasteiger partial charge in [0, 0.05) is 19.6 Å². The smallest absolute Gasteiger partial charge is 0.317 e. The lowest BCUT2D eigenvalue weighted by Crippen LogP contribution is -2.40. The quantitative estimate of drug-likeness (QED) is 0.681. The van der Waals surface area contributed by atoms with Crippen LogP contribution in [-0.4, -0.2) is 30.6 Å². The van der Waals surface area contributed by atoms with Crippen LogP contribution in [0.4, 0.5) is 4.79 Å². The fourth-order valence-electron chi connectivity index (χ4n) is 0.851. The van der Waals surface area contributed by atoms with Gasteiger partial charge in [0.05, 0.1) is 12.5 Å². The molecule has 4 nitrogen and oxygen atoms in total. The zero-order valence-corrected chi connectivity index (χ0v) is 7.63. The van der Waals surface area contributed by atoms with Crippen LogP contribution in [0.5, 0.6) is 0 Å². The molecule has 0 atom stereocenters. The molecule has 0 saturated heterocycles. The summed E-state index contributed by atoms with van der Waals surface area (Å²) < 4.78 is 0. The second-order valence-electron chi connectivity index (χ2n) is 2.32. The van der Waals surface area contributed by atoms with Crippen LogP contribution in [0.2, 0.25) is 0 Å². The molecule has 0 spiro atoms. The molecule has 0 rings (SSSR count). The van der Waals surface area contributed by atoms with Crippen molar-refractivity contribution in [3.05, 3.63) is 0 Å². The Morgan fingerprint density at radius 3 is 2.67 bits per heavy atom. The van der Waals surface area contributed by atoms with E-state index in [1.54, 1.807) is 4.90 Å². The van der Waals surface area contributed by atoms with Crippen molar-refractivity contribution < 1.29 is 4.79 Å². The zero-order valence-electron chi connectivity index (χ0n) is 7.63. The first-order valence-corrected chi connectivity index (χ1v) is 4.16. The zero-order chi connectivity index (χ0) is 9.40. The van der Waals surface area contributed by atoms with Crippen LogP contribution in [0.3, 0.4) is 0 Å². The van der Waals surface area contributed by atoms with E-state index in [4.69, 9.17) is 5.26 Å². The molecule has 1 N–H and O–H groups in total. The number of hydrogen-bond donors (Lipinski definition) is 1. The Morgan fingerprint density at radius 2 is 2.25 bits per heavy atom. The van der Waals surface area contributed by atoms with Crippen LogP contribution in [0, 0.1) is 11.3 Å². The Balaban J connectivity index is 3.80. The minimum Gasteiger partial charge on any atom is -0.338 e. The van der Waals surface area contributed by atoms with Crippen molar-refractivity contribution >= 4 is 6.03 Å². The molecule has 0 bridgehead atoms. The monoisotopic (exact) mass is 169 g/mol. The Labute approximate surface area is 73.2 Å². The molecular formula is C8H15N3O. The summed E-state index contributed by atoms with van der Waals surface area (Å²) in [7, 11) is 0. The molecule has 0 heterocycles. The molecule has 0 aromatic rings. The second-order valence-corrected chi connectivity index (χ2v) is 2.32. The minimum atomic E-state index is -0.0877. The van der Waals surface area contributed by atoms with Gasteiger partial charge in [0.15, 0.2) is 0 Å². The lowest BCUT2D eigenvalue weighted by atomic mass is 10.4. The van der Waals surface area contributed by atoms with Crippen LogP contribution in [-0.2, 0) is 0 Å². The summed E-state index contributed by atoms with van der Waals surface area (Å²) >= 11 is 0. The minimum absolute atomic E-state index is 0.0877. The lowest BCUT2D eigenvalue weighted by molar-refractivity contribution is 0.202. The summed E-state index contributed by atoms with van der Waals surface area (Å²) in [6, 6.07) is 1.92. The number of carbonyl (C=O) groups is 1. The van der Waals surface area contributed by atoms with Crippen molar-refractivity contribution in [2.24, 2.45) is 0 Å². The van der Waals surface area contributed by atoms with Crippen molar-refractivity contribution in [2.75, 3.05) is 19.6 Å². The van der Waals surface area contributed by atoms with Gasteiger partial charge in [-0.3, -0.25) is 0 Å². The van der Waals surface area contributed by atoms with Gasteiger partial charge in [-0.1, -0.05) is 0 Å². The maximum absolute atomic E-state index is 11.2. The topological polar surface area (TPSA) is 56.1 Å². The number of nitrogens with one attached hydrogen (secondary N) is 1. The molecule has 2 amide bonds. The number of nitrogens with zero attached hydrogens (tertiary/aromatic N) is 2. The van der Waals surface area contributed by atoms with E-state index in [-0.39, 0.29) is 6.03 Å². The highest BCUT2D eigenvalue weighted by Gasteiger charge is 2.08. The van der Waals surface area contributed by atoms with E-state index >= 15 is 0 Å². The van der Waals surface area contributed by atoms with E-state index in [0.29, 0.717) is 26.1 Å². The summed E-state index contributed by atoms with van der Waals surface area (Å²) in [5, 5.41) is 11.0. The summed E-state index contributed by atoms with van der Waals surface area (Å²) in [5.41, 5.74) is 0. The number of carbonyl (C=O) groups excluding carboxylic acids is 1. The van der Waals surface area contributed by atoms with Gasteiger partial charge in [-0.15, -0.1) is 0 Å². The SMILES string of the molecule is CCNC(=O)N(CC)CCC#N. The van der Waals surface area contributed by atoms with E-state index in [0.717, 1.165) is 0 Å². The van der Waals surface area contributed by atoms with Crippen LogP contribution in [0.25, 0.3) is 0 Å². The molecule has 0 aliphatic rings. The molecule has 0 aromatic heterocycles. The second kappa shape index (κ2) is 6.47. The largest absolute Gasteiger partial charge is 0.338 e. The number of hydrogen-bond acceptors (Lipinski definition) is 2. The number of amides is 2. The summed E-state index contributed by atoms with van der Waals surface area (Å²) in [5.74, 6) is 0. The lowest BCUT2D eigenvalue weighted by Gasteiger charge is -2.19. The van der Waals surface area contributed by atoms with Gasteiger partial charge in [0.25, 0.3) is 0 Å². The Hall–Kier alpha value is -1.24. The van der Waals surface area contributed by atoms with Crippen molar-refractivity contribution in [1.29, 1.82) is 5.26 Å².